The van der Waals surface area contributed by atoms with Crippen molar-refractivity contribution in [3.8, 4) is 12.3 Å². The fraction of sp³-hybridized carbons (Fsp3) is 0.0769. The predicted octanol–water partition coefficient (Wildman–Crippen LogP) is 1.92. The van der Waals surface area contributed by atoms with Crippen LogP contribution in [0.1, 0.15) is 10.6 Å². The van der Waals surface area contributed by atoms with Crippen LogP contribution in [0.5, 0.6) is 0 Å². The monoisotopic (exact) mass is 305 g/mol. The van der Waals surface area contributed by atoms with E-state index in [1.165, 1.54) is 6.07 Å². The van der Waals surface area contributed by atoms with E-state index in [0.29, 0.717) is 10.8 Å². The Balaban J connectivity index is 2.50. The van der Waals surface area contributed by atoms with Gasteiger partial charge >= 0.3 is 5.63 Å². The molecule has 1 heterocycles. The molecule has 5 heteroatoms. The van der Waals surface area contributed by atoms with Gasteiger partial charge in [0.15, 0.2) is 5.76 Å². The quantitative estimate of drug-likeness (QED) is 0.862. The van der Waals surface area contributed by atoms with Crippen LogP contribution in [0.25, 0.3) is 10.8 Å². The molecule has 1 aromatic carbocycles. The second kappa shape index (κ2) is 5.07. The van der Waals surface area contributed by atoms with E-state index in [-0.39, 0.29) is 12.3 Å². The molecule has 18 heavy (non-hydrogen) atoms. The molecule has 1 amide bonds. The van der Waals surface area contributed by atoms with Gasteiger partial charge in [0.05, 0.1) is 11.9 Å². The van der Waals surface area contributed by atoms with Gasteiger partial charge in [0.1, 0.15) is 0 Å². The summed E-state index contributed by atoms with van der Waals surface area (Å²) in [4.78, 5) is 23.3. The van der Waals surface area contributed by atoms with Crippen LogP contribution in [0.15, 0.2) is 37.9 Å². The zero-order valence-corrected chi connectivity index (χ0v) is 10.8. The minimum absolute atomic E-state index is 0.0509. The Morgan fingerprint density at radius 3 is 2.94 bits per heavy atom. The SMILES string of the molecule is C#CCNC(=O)c1cc2ccc(Br)cc2c(=O)o1. The molecular weight excluding hydrogens is 298 g/mol. The van der Waals surface area contributed by atoms with E-state index in [9.17, 15) is 9.59 Å². The molecule has 0 atom stereocenters. The van der Waals surface area contributed by atoms with Crippen molar-refractivity contribution in [3.63, 3.8) is 0 Å². The lowest BCUT2D eigenvalue weighted by molar-refractivity contribution is 0.0927. The smallest absolute Gasteiger partial charge is 0.344 e. The van der Waals surface area contributed by atoms with Crippen molar-refractivity contribution in [2.24, 2.45) is 0 Å². The highest BCUT2D eigenvalue weighted by Gasteiger charge is 2.11. The fourth-order valence-corrected chi connectivity index (χ4v) is 1.85. The summed E-state index contributed by atoms with van der Waals surface area (Å²) in [6.45, 7) is 0.0842. The minimum atomic E-state index is -0.556. The van der Waals surface area contributed by atoms with Gasteiger partial charge in [-0.15, -0.1) is 6.42 Å². The first-order valence-corrected chi connectivity index (χ1v) is 5.86. The minimum Gasteiger partial charge on any atom is -0.417 e. The molecule has 1 aromatic heterocycles. The van der Waals surface area contributed by atoms with Gasteiger partial charge in [0.2, 0.25) is 0 Å². The molecule has 0 aliphatic rings. The Morgan fingerprint density at radius 2 is 2.22 bits per heavy atom. The summed E-state index contributed by atoms with van der Waals surface area (Å²) in [6.07, 6.45) is 5.03. The lowest BCUT2D eigenvalue weighted by Crippen LogP contribution is -2.24. The van der Waals surface area contributed by atoms with Gasteiger partial charge in [0.25, 0.3) is 5.91 Å². The number of hydrogen-bond acceptors (Lipinski definition) is 3. The third kappa shape index (κ3) is 2.44. The summed E-state index contributed by atoms with van der Waals surface area (Å²) in [5.74, 6) is 1.71. The molecule has 2 aromatic rings. The Bertz CT molecular complexity index is 712. The predicted molar refractivity (Wildman–Crippen MR) is 71.4 cm³/mol. The van der Waals surface area contributed by atoms with Crippen LogP contribution in [0.4, 0.5) is 0 Å². The van der Waals surface area contributed by atoms with Crippen LogP contribution in [0.2, 0.25) is 0 Å². The van der Waals surface area contributed by atoms with Crippen molar-refractivity contribution in [3.05, 3.63) is 44.9 Å². The molecule has 0 radical (unpaired) electrons. The number of benzene rings is 1. The summed E-state index contributed by atoms with van der Waals surface area (Å²) in [7, 11) is 0. The first kappa shape index (κ1) is 12.4. The number of terminal acetylenes is 1. The molecule has 0 fully saturated rings. The lowest BCUT2D eigenvalue weighted by atomic mass is 10.1. The van der Waals surface area contributed by atoms with E-state index in [2.05, 4.69) is 27.2 Å². The first-order chi connectivity index (χ1) is 8.61. The number of nitrogens with one attached hydrogen (secondary N) is 1. The molecule has 4 nitrogen and oxygen atoms in total. The van der Waals surface area contributed by atoms with Gasteiger partial charge < -0.3 is 9.73 Å². The highest BCUT2D eigenvalue weighted by atomic mass is 79.9. The summed E-state index contributed by atoms with van der Waals surface area (Å²) in [5, 5.41) is 3.49. The number of hydrogen-bond donors (Lipinski definition) is 1. The van der Waals surface area contributed by atoms with E-state index >= 15 is 0 Å². The lowest BCUT2D eigenvalue weighted by Gasteiger charge is -2.02. The average Bonchev–Trinajstić information content (AvgIpc) is 2.36. The second-order valence-electron chi connectivity index (χ2n) is 3.52. The largest absolute Gasteiger partial charge is 0.417 e. The number of carbonyl (C=O) groups is 1. The molecule has 1 N–H and O–H groups in total. The number of fused-ring (bicyclic) bond motifs is 1. The normalized spacial score (nSPS) is 10.0. The standard InChI is InChI=1S/C13H8BrNO3/c1-2-5-15-12(16)11-6-8-3-4-9(14)7-10(8)13(17)18-11/h1,3-4,6-7H,5H2,(H,15,16). The van der Waals surface area contributed by atoms with Crippen molar-refractivity contribution >= 4 is 32.6 Å². The van der Waals surface area contributed by atoms with Crippen LogP contribution < -0.4 is 10.9 Å². The molecule has 2 rings (SSSR count). The Morgan fingerprint density at radius 1 is 1.44 bits per heavy atom. The molecule has 0 bridgehead atoms. The maximum atomic E-state index is 11.7. The molecule has 90 valence electrons. The highest BCUT2D eigenvalue weighted by Crippen LogP contribution is 2.18. The second-order valence-corrected chi connectivity index (χ2v) is 4.43. The van der Waals surface area contributed by atoms with Gasteiger partial charge in [0, 0.05) is 4.47 Å². The first-order valence-electron chi connectivity index (χ1n) is 5.07. The third-order valence-electron chi connectivity index (χ3n) is 2.30. The van der Waals surface area contributed by atoms with Crippen molar-refractivity contribution in [2.45, 2.75) is 0 Å². The number of carbonyl (C=O) groups excluding carboxylic acids is 1. The molecule has 0 saturated heterocycles. The third-order valence-corrected chi connectivity index (χ3v) is 2.79. The highest BCUT2D eigenvalue weighted by molar-refractivity contribution is 9.10. The molecule has 0 spiro atoms. The van der Waals surface area contributed by atoms with Gasteiger partial charge in [-0.25, -0.2) is 4.79 Å². The van der Waals surface area contributed by atoms with Crippen LogP contribution in [0, 0.1) is 12.3 Å². The van der Waals surface area contributed by atoms with Crippen LogP contribution in [-0.4, -0.2) is 12.5 Å². The zero-order chi connectivity index (χ0) is 13.1. The van der Waals surface area contributed by atoms with Crippen LogP contribution >= 0.6 is 15.9 Å². The Kier molecular flexibility index (Phi) is 3.49. The molecule has 0 aliphatic heterocycles. The summed E-state index contributed by atoms with van der Waals surface area (Å²) < 4.78 is 5.72. The van der Waals surface area contributed by atoms with E-state index in [1.54, 1.807) is 18.2 Å². The molecule has 0 saturated carbocycles. The fourth-order valence-electron chi connectivity index (χ4n) is 1.49. The number of rotatable bonds is 2. The Hall–Kier alpha value is -2.06. The van der Waals surface area contributed by atoms with E-state index < -0.39 is 11.5 Å². The van der Waals surface area contributed by atoms with Gasteiger partial charge in [-0.3, -0.25) is 4.79 Å². The summed E-state index contributed by atoms with van der Waals surface area (Å²) in [5.41, 5.74) is -0.556. The number of halogens is 1. The van der Waals surface area contributed by atoms with Crippen LogP contribution in [0.3, 0.4) is 0 Å². The van der Waals surface area contributed by atoms with Gasteiger partial charge in [-0.1, -0.05) is 27.9 Å². The van der Waals surface area contributed by atoms with Gasteiger partial charge in [-0.2, -0.15) is 0 Å². The Labute approximate surface area is 111 Å². The van der Waals surface area contributed by atoms with Crippen molar-refractivity contribution in [1.82, 2.24) is 5.32 Å². The molecule has 0 aliphatic carbocycles. The maximum Gasteiger partial charge on any atom is 0.344 e. The zero-order valence-electron chi connectivity index (χ0n) is 9.20. The van der Waals surface area contributed by atoms with Gasteiger partial charge in [-0.05, 0) is 23.6 Å². The molecule has 0 unspecified atom stereocenters. The summed E-state index contributed by atoms with van der Waals surface area (Å²) >= 11 is 3.27. The maximum absolute atomic E-state index is 11.7. The van der Waals surface area contributed by atoms with Crippen LogP contribution in [-0.2, 0) is 0 Å². The van der Waals surface area contributed by atoms with E-state index in [1.807, 2.05) is 0 Å². The number of amides is 1. The van der Waals surface area contributed by atoms with Crippen molar-refractivity contribution in [2.75, 3.05) is 6.54 Å². The van der Waals surface area contributed by atoms with Crippen molar-refractivity contribution < 1.29 is 9.21 Å². The molecular formula is C13H8BrNO3. The van der Waals surface area contributed by atoms with Crippen molar-refractivity contribution in [1.29, 1.82) is 0 Å². The average molecular weight is 306 g/mol. The van der Waals surface area contributed by atoms with E-state index in [4.69, 9.17) is 10.8 Å². The topological polar surface area (TPSA) is 59.3 Å². The summed E-state index contributed by atoms with van der Waals surface area (Å²) in [6, 6.07) is 6.67. The van der Waals surface area contributed by atoms with E-state index in [0.717, 1.165) is 4.47 Å².